The molecule has 1 fully saturated rings. The molecule has 2 N–H and O–H groups in total. The normalized spacial score (nSPS) is 17.0. The van der Waals surface area contributed by atoms with Gasteiger partial charge in [0.15, 0.2) is 11.6 Å². The molecule has 0 aliphatic carbocycles. The van der Waals surface area contributed by atoms with Crippen molar-refractivity contribution in [2.75, 3.05) is 40.0 Å². The summed E-state index contributed by atoms with van der Waals surface area (Å²) in [5, 5.41) is 9.28. The van der Waals surface area contributed by atoms with Crippen LogP contribution in [0.15, 0.2) is 47.4 Å². The van der Waals surface area contributed by atoms with E-state index in [4.69, 9.17) is 9.47 Å². The minimum absolute atomic E-state index is 0.152. The van der Waals surface area contributed by atoms with E-state index in [-0.39, 0.29) is 12.4 Å². The summed E-state index contributed by atoms with van der Waals surface area (Å²) in [6.45, 7) is 4.77. The number of hydrogen-bond acceptors (Lipinski definition) is 6. The van der Waals surface area contributed by atoms with Gasteiger partial charge in [-0.15, -0.1) is 0 Å². The standard InChI is InChI=1S/C23H29FN2O5S/c1-3-26-12-10-23(11-13-26,22(27)25-28)32(29)19-7-4-17(5-8-19)18-6-9-21(20(24)16-18)31-15-14-30-2/h4-9,16,28H,3,10-15H2,1-2H3,(H,25,27). The van der Waals surface area contributed by atoms with Crippen molar-refractivity contribution in [3.63, 3.8) is 0 Å². The fraction of sp³-hybridized carbons (Fsp3) is 0.435. The van der Waals surface area contributed by atoms with E-state index >= 15 is 0 Å². The number of piperidine rings is 1. The molecule has 0 saturated carbocycles. The molecule has 3 rings (SSSR count). The van der Waals surface area contributed by atoms with Crippen LogP contribution in [0.1, 0.15) is 19.8 Å². The zero-order valence-corrected chi connectivity index (χ0v) is 19.1. The van der Waals surface area contributed by atoms with Gasteiger partial charge in [-0.05, 0) is 54.8 Å². The Morgan fingerprint density at radius 2 is 1.81 bits per heavy atom. The molecule has 9 heteroatoms. The molecular formula is C23H29FN2O5S. The first-order chi connectivity index (χ1) is 15.4. The van der Waals surface area contributed by atoms with Gasteiger partial charge >= 0.3 is 0 Å². The number of carbonyl (C=O) groups excluding carboxylic acids is 1. The molecule has 1 amide bonds. The number of nitrogens with one attached hydrogen (secondary N) is 1. The fourth-order valence-corrected chi connectivity index (χ4v) is 5.46. The van der Waals surface area contributed by atoms with Crippen LogP contribution < -0.4 is 10.2 Å². The van der Waals surface area contributed by atoms with Crippen LogP contribution in [0.3, 0.4) is 0 Å². The number of benzene rings is 2. The summed E-state index contributed by atoms with van der Waals surface area (Å²) in [6, 6.07) is 11.6. The molecule has 2 aromatic carbocycles. The molecule has 2 aromatic rings. The monoisotopic (exact) mass is 464 g/mol. The van der Waals surface area contributed by atoms with Gasteiger partial charge in [0.1, 0.15) is 11.4 Å². The van der Waals surface area contributed by atoms with Gasteiger partial charge in [0.05, 0.1) is 17.4 Å². The second kappa shape index (κ2) is 11.0. The maximum atomic E-state index is 14.4. The minimum atomic E-state index is -1.66. The number of halogens is 1. The van der Waals surface area contributed by atoms with Gasteiger partial charge in [-0.2, -0.15) is 0 Å². The molecule has 1 saturated heterocycles. The molecule has 32 heavy (non-hydrogen) atoms. The predicted molar refractivity (Wildman–Crippen MR) is 120 cm³/mol. The van der Waals surface area contributed by atoms with Crippen molar-refractivity contribution in [3.8, 4) is 16.9 Å². The van der Waals surface area contributed by atoms with Gasteiger partial charge in [-0.3, -0.25) is 14.2 Å². The highest BCUT2D eigenvalue weighted by atomic mass is 32.2. The van der Waals surface area contributed by atoms with E-state index in [1.165, 1.54) is 6.07 Å². The molecule has 1 atom stereocenters. The van der Waals surface area contributed by atoms with Crippen molar-refractivity contribution in [1.82, 2.24) is 10.4 Å². The molecule has 7 nitrogen and oxygen atoms in total. The number of rotatable bonds is 9. The first kappa shape index (κ1) is 24.3. The van der Waals surface area contributed by atoms with Gasteiger partial charge in [-0.25, -0.2) is 9.87 Å². The Balaban J connectivity index is 1.79. The van der Waals surface area contributed by atoms with Crippen molar-refractivity contribution in [2.45, 2.75) is 29.4 Å². The Morgan fingerprint density at radius 3 is 2.38 bits per heavy atom. The fourth-order valence-electron chi connectivity index (χ4n) is 3.86. The van der Waals surface area contributed by atoms with Crippen LogP contribution in [0.25, 0.3) is 11.1 Å². The second-order valence-corrected chi connectivity index (χ2v) is 9.44. The third-order valence-corrected chi connectivity index (χ3v) is 7.86. The van der Waals surface area contributed by atoms with Crippen molar-refractivity contribution in [3.05, 3.63) is 48.3 Å². The Bertz CT molecular complexity index is 946. The van der Waals surface area contributed by atoms with E-state index in [1.807, 2.05) is 6.92 Å². The average molecular weight is 465 g/mol. The number of likely N-dealkylation sites (tertiary alicyclic amines) is 1. The van der Waals surface area contributed by atoms with Crippen LogP contribution in [0.5, 0.6) is 5.75 Å². The first-order valence-electron chi connectivity index (χ1n) is 10.6. The van der Waals surface area contributed by atoms with E-state index in [0.29, 0.717) is 43.0 Å². The summed E-state index contributed by atoms with van der Waals surface area (Å²) in [5.74, 6) is -0.951. The molecule has 0 radical (unpaired) electrons. The average Bonchev–Trinajstić information content (AvgIpc) is 2.84. The summed E-state index contributed by atoms with van der Waals surface area (Å²) in [6.07, 6.45) is 0.773. The second-order valence-electron chi connectivity index (χ2n) is 7.65. The van der Waals surface area contributed by atoms with E-state index in [1.54, 1.807) is 49.0 Å². The summed E-state index contributed by atoms with van der Waals surface area (Å²) in [7, 11) is -0.110. The van der Waals surface area contributed by atoms with Gasteiger partial charge in [0.25, 0.3) is 5.91 Å². The van der Waals surface area contributed by atoms with Crippen LogP contribution >= 0.6 is 0 Å². The summed E-state index contributed by atoms with van der Waals surface area (Å²) < 4.78 is 36.8. The first-order valence-corrected chi connectivity index (χ1v) is 11.7. The number of amides is 1. The number of methoxy groups -OCH3 is 1. The van der Waals surface area contributed by atoms with Gasteiger partial charge in [0, 0.05) is 25.1 Å². The molecule has 174 valence electrons. The number of nitrogens with zero attached hydrogens (tertiary/aromatic N) is 1. The Morgan fingerprint density at radius 1 is 1.16 bits per heavy atom. The van der Waals surface area contributed by atoms with E-state index < -0.39 is 27.3 Å². The van der Waals surface area contributed by atoms with Crippen molar-refractivity contribution in [1.29, 1.82) is 0 Å². The quantitative estimate of drug-likeness (QED) is 0.337. The number of hydrogen-bond donors (Lipinski definition) is 2. The molecule has 1 unspecified atom stereocenters. The smallest absolute Gasteiger partial charge is 0.262 e. The van der Waals surface area contributed by atoms with Gasteiger partial charge in [-0.1, -0.05) is 25.1 Å². The molecule has 0 spiro atoms. The van der Waals surface area contributed by atoms with Crippen molar-refractivity contribution >= 4 is 16.7 Å². The molecule has 0 bridgehead atoms. The Hall–Kier alpha value is -2.33. The largest absolute Gasteiger partial charge is 0.488 e. The summed E-state index contributed by atoms with van der Waals surface area (Å²) in [4.78, 5) is 15.2. The van der Waals surface area contributed by atoms with E-state index in [9.17, 15) is 18.6 Å². The Kier molecular flexibility index (Phi) is 8.36. The highest BCUT2D eigenvalue weighted by molar-refractivity contribution is 7.87. The van der Waals surface area contributed by atoms with E-state index in [0.717, 1.165) is 12.1 Å². The SMILES string of the molecule is CCN1CCC(C(=O)NO)(S(=O)c2ccc(-c3ccc(OCCOC)c(F)c3)cc2)CC1. The third kappa shape index (κ3) is 5.17. The zero-order valence-electron chi connectivity index (χ0n) is 18.3. The van der Waals surface area contributed by atoms with Crippen molar-refractivity contribution in [2.24, 2.45) is 0 Å². The van der Waals surface area contributed by atoms with Crippen LogP contribution in [0, 0.1) is 5.82 Å². The van der Waals surface area contributed by atoms with Gasteiger partial charge < -0.3 is 14.4 Å². The topological polar surface area (TPSA) is 88.1 Å². The molecule has 1 heterocycles. The number of hydroxylamine groups is 1. The van der Waals surface area contributed by atoms with Gasteiger partial charge in [0.2, 0.25) is 0 Å². The molecular weight excluding hydrogens is 435 g/mol. The molecule has 0 aromatic heterocycles. The minimum Gasteiger partial charge on any atom is -0.488 e. The lowest BCUT2D eigenvalue weighted by molar-refractivity contribution is -0.133. The Labute approximate surface area is 189 Å². The lowest BCUT2D eigenvalue weighted by Crippen LogP contribution is -2.55. The van der Waals surface area contributed by atoms with Crippen LogP contribution in [0.2, 0.25) is 0 Å². The summed E-state index contributed by atoms with van der Waals surface area (Å²) in [5.41, 5.74) is 3.11. The third-order valence-electron chi connectivity index (χ3n) is 5.86. The zero-order chi connectivity index (χ0) is 23.1. The highest BCUT2D eigenvalue weighted by Crippen LogP contribution is 2.34. The van der Waals surface area contributed by atoms with Crippen LogP contribution in [-0.4, -0.2) is 64.9 Å². The van der Waals surface area contributed by atoms with Crippen molar-refractivity contribution < 1.29 is 28.1 Å². The predicted octanol–water partition coefficient (Wildman–Crippen LogP) is 2.99. The number of carbonyl (C=O) groups is 1. The van der Waals surface area contributed by atoms with Crippen LogP contribution in [0.4, 0.5) is 4.39 Å². The summed E-state index contributed by atoms with van der Waals surface area (Å²) >= 11 is 0. The highest BCUT2D eigenvalue weighted by Gasteiger charge is 2.47. The van der Waals surface area contributed by atoms with E-state index in [2.05, 4.69) is 4.90 Å². The lowest BCUT2D eigenvalue weighted by atomic mass is 9.95. The van der Waals surface area contributed by atoms with Crippen LogP contribution in [-0.2, 0) is 20.3 Å². The molecule has 1 aliphatic heterocycles. The maximum absolute atomic E-state index is 14.4. The lowest BCUT2D eigenvalue weighted by Gasteiger charge is -2.38. The maximum Gasteiger partial charge on any atom is 0.262 e. The number of ether oxygens (including phenoxy) is 2. The molecule has 1 aliphatic rings.